The van der Waals surface area contributed by atoms with Gasteiger partial charge in [-0.25, -0.2) is 0 Å². The third-order valence-electron chi connectivity index (χ3n) is 2.91. The SMILES string of the molecule is CCc1nnc(C)cc1C(O)Cc1cncc(Br)c1. The highest BCUT2D eigenvalue weighted by atomic mass is 79.9. The summed E-state index contributed by atoms with van der Waals surface area (Å²) in [7, 11) is 0. The van der Waals surface area contributed by atoms with Crippen LogP contribution in [-0.2, 0) is 12.8 Å². The van der Waals surface area contributed by atoms with E-state index in [-0.39, 0.29) is 0 Å². The van der Waals surface area contributed by atoms with E-state index in [4.69, 9.17) is 0 Å². The summed E-state index contributed by atoms with van der Waals surface area (Å²) in [6.45, 7) is 3.89. The van der Waals surface area contributed by atoms with Crippen LogP contribution < -0.4 is 0 Å². The summed E-state index contributed by atoms with van der Waals surface area (Å²) in [6.07, 6.45) is 4.19. The molecule has 2 aromatic rings. The van der Waals surface area contributed by atoms with Crippen molar-refractivity contribution in [2.75, 3.05) is 0 Å². The summed E-state index contributed by atoms with van der Waals surface area (Å²) >= 11 is 3.38. The minimum Gasteiger partial charge on any atom is -0.388 e. The van der Waals surface area contributed by atoms with Gasteiger partial charge < -0.3 is 5.11 Å². The van der Waals surface area contributed by atoms with Crippen molar-refractivity contribution in [2.45, 2.75) is 32.8 Å². The topological polar surface area (TPSA) is 58.9 Å². The number of hydrogen-bond donors (Lipinski definition) is 1. The first-order chi connectivity index (χ1) is 9.10. The van der Waals surface area contributed by atoms with Gasteiger partial charge in [0.25, 0.3) is 0 Å². The molecule has 0 amide bonds. The van der Waals surface area contributed by atoms with Gasteiger partial charge in [0.2, 0.25) is 0 Å². The van der Waals surface area contributed by atoms with Crippen molar-refractivity contribution < 1.29 is 5.11 Å². The van der Waals surface area contributed by atoms with Crippen molar-refractivity contribution in [3.8, 4) is 0 Å². The van der Waals surface area contributed by atoms with E-state index in [0.29, 0.717) is 6.42 Å². The van der Waals surface area contributed by atoms with Gasteiger partial charge in [0.15, 0.2) is 0 Å². The van der Waals surface area contributed by atoms with Gasteiger partial charge in [-0.05, 0) is 47.0 Å². The van der Waals surface area contributed by atoms with Crippen LogP contribution >= 0.6 is 15.9 Å². The molecule has 0 aliphatic rings. The summed E-state index contributed by atoms with van der Waals surface area (Å²) < 4.78 is 0.914. The maximum atomic E-state index is 10.4. The molecule has 0 spiro atoms. The molecule has 2 heterocycles. The fraction of sp³-hybridized carbons (Fsp3) is 0.357. The lowest BCUT2D eigenvalue weighted by Gasteiger charge is -2.14. The quantitative estimate of drug-likeness (QED) is 0.940. The molecule has 1 unspecified atom stereocenters. The normalized spacial score (nSPS) is 12.4. The van der Waals surface area contributed by atoms with Crippen LogP contribution in [0.25, 0.3) is 0 Å². The van der Waals surface area contributed by atoms with E-state index in [1.165, 1.54) is 0 Å². The molecule has 1 N–H and O–H groups in total. The predicted molar refractivity (Wildman–Crippen MR) is 76.7 cm³/mol. The Balaban J connectivity index is 2.24. The van der Waals surface area contributed by atoms with E-state index in [9.17, 15) is 5.11 Å². The van der Waals surface area contributed by atoms with Gasteiger partial charge in [-0.2, -0.15) is 10.2 Å². The third-order valence-corrected chi connectivity index (χ3v) is 3.34. The molecule has 0 bridgehead atoms. The third kappa shape index (κ3) is 3.58. The second-order valence-electron chi connectivity index (χ2n) is 4.47. The van der Waals surface area contributed by atoms with E-state index in [1.54, 1.807) is 12.4 Å². The lowest BCUT2D eigenvalue weighted by molar-refractivity contribution is 0.176. The Morgan fingerprint density at radius 2 is 2.05 bits per heavy atom. The standard InChI is InChI=1S/C14H16BrN3O/c1-3-13-12(4-9(2)17-18-13)14(19)6-10-5-11(15)8-16-7-10/h4-5,7-8,14,19H,3,6H2,1-2H3. The zero-order chi connectivity index (χ0) is 13.8. The molecule has 2 rings (SSSR count). The summed E-state index contributed by atoms with van der Waals surface area (Å²) in [4.78, 5) is 4.11. The Hall–Kier alpha value is -1.33. The Morgan fingerprint density at radius 1 is 1.26 bits per heavy atom. The van der Waals surface area contributed by atoms with E-state index in [2.05, 4.69) is 31.1 Å². The van der Waals surface area contributed by atoms with E-state index in [1.807, 2.05) is 26.0 Å². The fourth-order valence-corrected chi connectivity index (χ4v) is 2.41. The Bertz CT molecular complexity index is 574. The smallest absolute Gasteiger partial charge is 0.0849 e. The van der Waals surface area contributed by atoms with Crippen molar-refractivity contribution in [2.24, 2.45) is 0 Å². The number of nitrogens with zero attached hydrogens (tertiary/aromatic N) is 3. The molecule has 0 radical (unpaired) electrons. The van der Waals surface area contributed by atoms with Crippen molar-refractivity contribution in [3.63, 3.8) is 0 Å². The molecule has 0 saturated carbocycles. The zero-order valence-electron chi connectivity index (χ0n) is 11.0. The van der Waals surface area contributed by atoms with Gasteiger partial charge >= 0.3 is 0 Å². The lowest BCUT2D eigenvalue weighted by Crippen LogP contribution is -2.09. The molecule has 0 fully saturated rings. The molecule has 0 aliphatic carbocycles. The first kappa shape index (κ1) is 14.1. The van der Waals surface area contributed by atoms with Crippen LogP contribution in [-0.4, -0.2) is 20.3 Å². The highest BCUT2D eigenvalue weighted by Gasteiger charge is 2.14. The summed E-state index contributed by atoms with van der Waals surface area (Å²) in [5.74, 6) is 0. The van der Waals surface area contributed by atoms with Crippen LogP contribution in [0.4, 0.5) is 0 Å². The van der Waals surface area contributed by atoms with Crippen molar-refractivity contribution in [1.82, 2.24) is 15.2 Å². The molecular formula is C14H16BrN3O. The Labute approximate surface area is 121 Å². The van der Waals surface area contributed by atoms with Gasteiger partial charge in [-0.15, -0.1) is 0 Å². The lowest BCUT2D eigenvalue weighted by atomic mass is 10.00. The molecule has 2 aromatic heterocycles. The summed E-state index contributed by atoms with van der Waals surface area (Å²) in [5, 5.41) is 18.6. The van der Waals surface area contributed by atoms with E-state index < -0.39 is 6.10 Å². The Kier molecular flexibility index (Phi) is 4.61. The maximum Gasteiger partial charge on any atom is 0.0849 e. The summed E-state index contributed by atoms with van der Waals surface area (Å²) in [6, 6.07) is 3.87. The van der Waals surface area contributed by atoms with Crippen molar-refractivity contribution in [1.29, 1.82) is 0 Å². The largest absolute Gasteiger partial charge is 0.388 e. The van der Waals surface area contributed by atoms with Crippen LogP contribution in [0.1, 0.15) is 35.5 Å². The van der Waals surface area contributed by atoms with E-state index >= 15 is 0 Å². The number of aliphatic hydroxyl groups is 1. The molecule has 1 atom stereocenters. The first-order valence-corrected chi connectivity index (χ1v) is 7.00. The molecule has 0 aliphatic heterocycles. The second kappa shape index (κ2) is 6.21. The number of aryl methyl sites for hydroxylation is 2. The molecule has 0 saturated heterocycles. The number of aromatic nitrogens is 3. The average Bonchev–Trinajstić information content (AvgIpc) is 2.38. The molecule has 100 valence electrons. The zero-order valence-corrected chi connectivity index (χ0v) is 12.6. The molecule has 19 heavy (non-hydrogen) atoms. The van der Waals surface area contributed by atoms with Gasteiger partial charge in [0.1, 0.15) is 0 Å². The van der Waals surface area contributed by atoms with Gasteiger partial charge in [-0.1, -0.05) is 6.92 Å². The van der Waals surface area contributed by atoms with E-state index in [0.717, 1.165) is 33.4 Å². The highest BCUT2D eigenvalue weighted by Crippen LogP contribution is 2.22. The number of aliphatic hydroxyl groups excluding tert-OH is 1. The molecule has 5 heteroatoms. The van der Waals surface area contributed by atoms with Crippen LogP contribution in [0.15, 0.2) is 29.0 Å². The number of pyridine rings is 1. The Morgan fingerprint density at radius 3 is 2.74 bits per heavy atom. The number of rotatable bonds is 4. The molecule has 4 nitrogen and oxygen atoms in total. The van der Waals surface area contributed by atoms with Crippen LogP contribution in [0, 0.1) is 6.92 Å². The van der Waals surface area contributed by atoms with Crippen molar-refractivity contribution in [3.05, 3.63) is 51.5 Å². The van der Waals surface area contributed by atoms with Gasteiger partial charge in [-0.3, -0.25) is 4.98 Å². The van der Waals surface area contributed by atoms with Gasteiger partial charge in [0, 0.05) is 28.9 Å². The maximum absolute atomic E-state index is 10.4. The van der Waals surface area contributed by atoms with Gasteiger partial charge in [0.05, 0.1) is 17.5 Å². The molecular weight excluding hydrogens is 306 g/mol. The molecule has 0 aromatic carbocycles. The average molecular weight is 322 g/mol. The first-order valence-electron chi connectivity index (χ1n) is 6.20. The monoisotopic (exact) mass is 321 g/mol. The highest BCUT2D eigenvalue weighted by molar-refractivity contribution is 9.10. The minimum atomic E-state index is -0.583. The van der Waals surface area contributed by atoms with Crippen LogP contribution in [0.3, 0.4) is 0 Å². The predicted octanol–water partition coefficient (Wildman–Crippen LogP) is 2.78. The number of hydrogen-bond acceptors (Lipinski definition) is 4. The van der Waals surface area contributed by atoms with Crippen LogP contribution in [0.5, 0.6) is 0 Å². The van der Waals surface area contributed by atoms with Crippen LogP contribution in [0.2, 0.25) is 0 Å². The second-order valence-corrected chi connectivity index (χ2v) is 5.39. The number of halogens is 1. The summed E-state index contributed by atoms with van der Waals surface area (Å²) in [5.41, 5.74) is 3.51. The minimum absolute atomic E-state index is 0.518. The fourth-order valence-electron chi connectivity index (χ4n) is 2.00. The van der Waals surface area contributed by atoms with Crippen molar-refractivity contribution >= 4 is 15.9 Å².